The van der Waals surface area contributed by atoms with E-state index in [1.165, 1.54) is 0 Å². The number of rotatable bonds is 2. The second-order valence-electron chi connectivity index (χ2n) is 4.70. The van der Waals surface area contributed by atoms with Gasteiger partial charge in [-0.25, -0.2) is 0 Å². The molecule has 86 valence electrons. The van der Waals surface area contributed by atoms with Crippen LogP contribution in [0.5, 0.6) is 0 Å². The van der Waals surface area contributed by atoms with E-state index in [0.29, 0.717) is 11.7 Å². The molecule has 0 bridgehead atoms. The fraction of sp³-hybridized carbons (Fsp3) is 0.455. The third-order valence-electron chi connectivity index (χ3n) is 2.23. The van der Waals surface area contributed by atoms with Crippen LogP contribution in [-0.2, 0) is 5.41 Å². The van der Waals surface area contributed by atoms with Gasteiger partial charge in [-0.05, 0) is 11.4 Å². The van der Waals surface area contributed by atoms with Crippen molar-refractivity contribution in [3.8, 4) is 0 Å². The van der Waals surface area contributed by atoms with Gasteiger partial charge in [-0.1, -0.05) is 32.0 Å². The molecule has 0 aliphatic carbocycles. The Bertz CT molecular complexity index is 456. The van der Waals surface area contributed by atoms with Crippen molar-refractivity contribution in [3.05, 3.63) is 34.1 Å². The Labute approximate surface area is 98.5 Å². The van der Waals surface area contributed by atoms with Gasteiger partial charge in [-0.3, -0.25) is 0 Å². The van der Waals surface area contributed by atoms with Gasteiger partial charge >= 0.3 is 0 Å². The Balaban J connectivity index is 2.26. The summed E-state index contributed by atoms with van der Waals surface area (Å²) in [7, 11) is 0. The van der Waals surface area contributed by atoms with E-state index in [4.69, 9.17) is 10.3 Å². The molecule has 0 saturated heterocycles. The summed E-state index contributed by atoms with van der Waals surface area (Å²) in [5.74, 6) is 1.17. The Morgan fingerprint density at radius 2 is 2.19 bits per heavy atom. The highest BCUT2D eigenvalue weighted by Crippen LogP contribution is 2.25. The smallest absolute Gasteiger partial charge is 0.249 e. The standard InChI is InChI=1S/C11H15N3OS/c1-11(2,3)10-13-9(15-14-10)8(12)7-5-4-6-16-7/h4-6,8H,12H2,1-3H3. The first-order valence-electron chi connectivity index (χ1n) is 5.11. The molecule has 5 heteroatoms. The first kappa shape index (κ1) is 11.3. The normalized spacial score (nSPS) is 14.0. The second kappa shape index (κ2) is 3.99. The molecule has 0 aliphatic rings. The molecule has 0 amide bonds. The van der Waals surface area contributed by atoms with Gasteiger partial charge in [0.15, 0.2) is 5.82 Å². The molecule has 1 atom stereocenters. The minimum absolute atomic E-state index is 0.114. The Hall–Kier alpha value is -1.20. The number of nitrogens with zero attached hydrogens (tertiary/aromatic N) is 2. The lowest BCUT2D eigenvalue weighted by molar-refractivity contribution is 0.355. The average molecular weight is 237 g/mol. The van der Waals surface area contributed by atoms with E-state index in [1.807, 2.05) is 38.3 Å². The third-order valence-corrected chi connectivity index (χ3v) is 3.18. The zero-order valence-corrected chi connectivity index (χ0v) is 10.4. The maximum atomic E-state index is 6.03. The summed E-state index contributed by atoms with van der Waals surface area (Å²) in [6.45, 7) is 6.12. The van der Waals surface area contributed by atoms with Gasteiger partial charge in [0.25, 0.3) is 0 Å². The number of hydrogen-bond acceptors (Lipinski definition) is 5. The molecule has 1 unspecified atom stereocenters. The fourth-order valence-electron chi connectivity index (χ4n) is 1.26. The van der Waals surface area contributed by atoms with Gasteiger partial charge in [-0.2, -0.15) is 4.98 Å². The quantitative estimate of drug-likeness (QED) is 0.871. The topological polar surface area (TPSA) is 64.9 Å². The summed E-state index contributed by atoms with van der Waals surface area (Å²) in [5.41, 5.74) is 5.92. The van der Waals surface area contributed by atoms with Gasteiger partial charge in [0.1, 0.15) is 6.04 Å². The molecule has 2 aromatic heterocycles. The van der Waals surface area contributed by atoms with E-state index < -0.39 is 0 Å². The summed E-state index contributed by atoms with van der Waals surface area (Å²) in [6, 6.07) is 3.61. The average Bonchev–Trinajstić information content (AvgIpc) is 2.87. The molecule has 2 rings (SSSR count). The van der Waals surface area contributed by atoms with Gasteiger partial charge in [0, 0.05) is 10.3 Å². The molecule has 0 aromatic carbocycles. The van der Waals surface area contributed by atoms with Gasteiger partial charge in [-0.15, -0.1) is 11.3 Å². The lowest BCUT2D eigenvalue weighted by atomic mass is 9.96. The van der Waals surface area contributed by atoms with Crippen molar-refractivity contribution in [3.63, 3.8) is 0 Å². The first-order valence-corrected chi connectivity index (χ1v) is 5.99. The van der Waals surface area contributed by atoms with E-state index in [9.17, 15) is 0 Å². The molecular formula is C11H15N3OS. The zero-order valence-electron chi connectivity index (χ0n) is 9.60. The van der Waals surface area contributed by atoms with Crippen LogP contribution in [0, 0.1) is 0 Å². The van der Waals surface area contributed by atoms with Crippen molar-refractivity contribution in [2.45, 2.75) is 32.2 Å². The predicted molar refractivity (Wildman–Crippen MR) is 63.3 cm³/mol. The van der Waals surface area contributed by atoms with Crippen molar-refractivity contribution >= 4 is 11.3 Å². The first-order chi connectivity index (χ1) is 7.48. The lowest BCUT2D eigenvalue weighted by Crippen LogP contribution is -2.15. The van der Waals surface area contributed by atoms with Gasteiger partial charge in [0.05, 0.1) is 0 Å². The highest BCUT2D eigenvalue weighted by Gasteiger charge is 2.24. The molecule has 4 nitrogen and oxygen atoms in total. The Morgan fingerprint density at radius 1 is 1.44 bits per heavy atom. The maximum Gasteiger partial charge on any atom is 0.249 e. The van der Waals surface area contributed by atoms with Crippen LogP contribution < -0.4 is 5.73 Å². The highest BCUT2D eigenvalue weighted by molar-refractivity contribution is 7.10. The number of hydrogen-bond donors (Lipinski definition) is 1. The largest absolute Gasteiger partial charge is 0.337 e. The van der Waals surface area contributed by atoms with Crippen molar-refractivity contribution in [1.29, 1.82) is 0 Å². The van der Waals surface area contributed by atoms with Crippen LogP contribution in [0.4, 0.5) is 0 Å². The zero-order chi connectivity index (χ0) is 11.8. The van der Waals surface area contributed by atoms with E-state index in [0.717, 1.165) is 4.88 Å². The minimum Gasteiger partial charge on any atom is -0.337 e. The molecular weight excluding hydrogens is 222 g/mol. The van der Waals surface area contributed by atoms with Crippen molar-refractivity contribution in [2.75, 3.05) is 0 Å². The number of nitrogens with two attached hydrogens (primary N) is 1. The summed E-state index contributed by atoms with van der Waals surface area (Å²) >= 11 is 1.59. The Morgan fingerprint density at radius 3 is 2.69 bits per heavy atom. The monoisotopic (exact) mass is 237 g/mol. The molecule has 0 saturated carbocycles. The lowest BCUT2D eigenvalue weighted by Gasteiger charge is -2.11. The van der Waals surface area contributed by atoms with Crippen molar-refractivity contribution in [2.24, 2.45) is 5.73 Å². The molecule has 0 fully saturated rings. The van der Waals surface area contributed by atoms with E-state index in [1.54, 1.807) is 11.3 Å². The second-order valence-corrected chi connectivity index (χ2v) is 5.68. The van der Waals surface area contributed by atoms with E-state index in [-0.39, 0.29) is 11.5 Å². The van der Waals surface area contributed by atoms with Crippen LogP contribution in [-0.4, -0.2) is 10.1 Å². The summed E-state index contributed by atoms with van der Waals surface area (Å²) in [4.78, 5) is 5.37. The third kappa shape index (κ3) is 2.15. The summed E-state index contributed by atoms with van der Waals surface area (Å²) in [6.07, 6.45) is 0. The number of aromatic nitrogens is 2. The molecule has 2 N–H and O–H groups in total. The molecule has 0 spiro atoms. The van der Waals surface area contributed by atoms with Crippen LogP contribution in [0.15, 0.2) is 22.0 Å². The minimum atomic E-state index is -0.316. The summed E-state index contributed by atoms with van der Waals surface area (Å²) < 4.78 is 5.20. The molecule has 0 radical (unpaired) electrons. The van der Waals surface area contributed by atoms with Gasteiger partial charge < -0.3 is 10.3 Å². The number of thiophene rings is 1. The fourth-order valence-corrected chi connectivity index (χ4v) is 1.97. The van der Waals surface area contributed by atoms with Crippen LogP contribution in [0.1, 0.15) is 43.4 Å². The van der Waals surface area contributed by atoms with Crippen LogP contribution in [0.3, 0.4) is 0 Å². The predicted octanol–water partition coefficient (Wildman–Crippen LogP) is 2.48. The van der Waals surface area contributed by atoms with Crippen LogP contribution in [0.2, 0.25) is 0 Å². The van der Waals surface area contributed by atoms with Gasteiger partial charge in [0.2, 0.25) is 5.89 Å². The van der Waals surface area contributed by atoms with Crippen LogP contribution >= 0.6 is 11.3 Å². The van der Waals surface area contributed by atoms with Crippen molar-refractivity contribution in [1.82, 2.24) is 10.1 Å². The maximum absolute atomic E-state index is 6.03. The van der Waals surface area contributed by atoms with Crippen molar-refractivity contribution < 1.29 is 4.52 Å². The molecule has 2 aromatic rings. The van der Waals surface area contributed by atoms with Crippen LogP contribution in [0.25, 0.3) is 0 Å². The Kier molecular flexibility index (Phi) is 2.82. The summed E-state index contributed by atoms with van der Waals surface area (Å²) in [5, 5.41) is 5.94. The molecule has 2 heterocycles. The molecule has 0 aliphatic heterocycles. The van der Waals surface area contributed by atoms with E-state index >= 15 is 0 Å². The highest BCUT2D eigenvalue weighted by atomic mass is 32.1. The molecule has 16 heavy (non-hydrogen) atoms. The SMILES string of the molecule is CC(C)(C)c1noc(C(N)c2cccs2)n1. The van der Waals surface area contributed by atoms with E-state index in [2.05, 4.69) is 10.1 Å².